The number of nitrogens with zero attached hydrogens (tertiary/aromatic N) is 2. The highest BCUT2D eigenvalue weighted by Gasteiger charge is 2.36. The molecule has 1 saturated heterocycles. The fraction of sp³-hybridized carbons (Fsp3) is 0.750. The van der Waals surface area contributed by atoms with Crippen molar-refractivity contribution >= 4 is 6.01 Å². The first-order valence-electron chi connectivity index (χ1n) is 6.29. The molecule has 2 N–H and O–H groups in total. The van der Waals surface area contributed by atoms with Gasteiger partial charge < -0.3 is 15.1 Å². The van der Waals surface area contributed by atoms with Crippen LogP contribution in [-0.4, -0.2) is 17.6 Å². The van der Waals surface area contributed by atoms with E-state index in [-0.39, 0.29) is 0 Å². The lowest BCUT2D eigenvalue weighted by Crippen LogP contribution is -2.42. The third kappa shape index (κ3) is 1.61. The molecule has 1 aliphatic carbocycles. The topological polar surface area (TPSA) is 55.3 Å². The van der Waals surface area contributed by atoms with Crippen molar-refractivity contribution in [2.24, 2.45) is 11.7 Å². The van der Waals surface area contributed by atoms with Gasteiger partial charge in [0.25, 0.3) is 6.01 Å². The van der Waals surface area contributed by atoms with Crippen LogP contribution >= 0.6 is 0 Å². The van der Waals surface area contributed by atoms with Crippen LogP contribution < -0.4 is 10.6 Å². The molecule has 3 rings (SSSR count). The molecule has 0 spiro atoms. The van der Waals surface area contributed by atoms with Crippen LogP contribution in [0.15, 0.2) is 10.7 Å². The van der Waals surface area contributed by atoms with Crippen molar-refractivity contribution in [1.29, 1.82) is 0 Å². The molecule has 4 nitrogen and oxygen atoms in total. The van der Waals surface area contributed by atoms with Crippen molar-refractivity contribution in [2.45, 2.75) is 44.7 Å². The molecule has 2 heterocycles. The smallest absolute Gasteiger partial charge is 0.297 e. The zero-order chi connectivity index (χ0) is 11.0. The van der Waals surface area contributed by atoms with Crippen LogP contribution in [0.2, 0.25) is 0 Å². The van der Waals surface area contributed by atoms with Gasteiger partial charge in [0.05, 0.1) is 5.69 Å². The number of piperidine rings is 1. The number of rotatable bonds is 2. The first kappa shape index (κ1) is 10.1. The Morgan fingerprint density at radius 3 is 3.06 bits per heavy atom. The summed E-state index contributed by atoms with van der Waals surface area (Å²) in [6.07, 6.45) is 8.37. The molecule has 1 aliphatic heterocycles. The van der Waals surface area contributed by atoms with Gasteiger partial charge >= 0.3 is 0 Å². The molecular formula is C12H19N3O. The summed E-state index contributed by atoms with van der Waals surface area (Å²) in [5.74, 6) is 0.863. The van der Waals surface area contributed by atoms with Crippen LogP contribution in [0.25, 0.3) is 0 Å². The van der Waals surface area contributed by atoms with Crippen LogP contribution in [0.3, 0.4) is 0 Å². The molecular weight excluding hydrogens is 202 g/mol. The monoisotopic (exact) mass is 221 g/mol. The quantitative estimate of drug-likeness (QED) is 0.828. The summed E-state index contributed by atoms with van der Waals surface area (Å²) in [6.45, 7) is 1.55. The molecule has 16 heavy (non-hydrogen) atoms. The van der Waals surface area contributed by atoms with E-state index in [1.165, 1.54) is 32.1 Å². The molecule has 2 unspecified atom stereocenters. The van der Waals surface area contributed by atoms with Crippen LogP contribution in [-0.2, 0) is 6.54 Å². The van der Waals surface area contributed by atoms with Gasteiger partial charge in [-0.05, 0) is 31.6 Å². The second-order valence-electron chi connectivity index (χ2n) is 4.92. The van der Waals surface area contributed by atoms with E-state index in [0.717, 1.165) is 24.2 Å². The highest BCUT2D eigenvalue weighted by molar-refractivity contribution is 5.31. The van der Waals surface area contributed by atoms with Gasteiger partial charge in [0.15, 0.2) is 0 Å². The zero-order valence-corrected chi connectivity index (χ0v) is 9.56. The number of hydrogen-bond donors (Lipinski definition) is 1. The summed E-state index contributed by atoms with van der Waals surface area (Å²) < 4.78 is 5.54. The van der Waals surface area contributed by atoms with E-state index >= 15 is 0 Å². The minimum Gasteiger partial charge on any atom is -0.432 e. The van der Waals surface area contributed by atoms with Gasteiger partial charge in [0.1, 0.15) is 6.26 Å². The molecule has 0 radical (unpaired) electrons. The van der Waals surface area contributed by atoms with E-state index < -0.39 is 0 Å². The Kier molecular flexibility index (Phi) is 2.59. The van der Waals surface area contributed by atoms with Gasteiger partial charge in [0.2, 0.25) is 0 Å². The van der Waals surface area contributed by atoms with Crippen LogP contribution in [0.5, 0.6) is 0 Å². The molecule has 0 amide bonds. The average Bonchev–Trinajstić information content (AvgIpc) is 2.97. The molecule has 2 fully saturated rings. The Balaban J connectivity index is 1.82. The van der Waals surface area contributed by atoms with Gasteiger partial charge in [-0.15, -0.1) is 0 Å². The van der Waals surface area contributed by atoms with Crippen molar-refractivity contribution in [3.05, 3.63) is 12.0 Å². The molecule has 1 saturated carbocycles. The molecule has 2 aliphatic rings. The molecule has 0 aromatic carbocycles. The number of fused-ring (bicyclic) bond motifs is 1. The third-order valence-corrected chi connectivity index (χ3v) is 3.99. The molecule has 2 atom stereocenters. The number of hydrogen-bond acceptors (Lipinski definition) is 4. The summed E-state index contributed by atoms with van der Waals surface area (Å²) in [5.41, 5.74) is 6.42. The first-order valence-corrected chi connectivity index (χ1v) is 6.29. The molecule has 0 bridgehead atoms. The minimum atomic E-state index is 0.464. The third-order valence-electron chi connectivity index (χ3n) is 3.99. The van der Waals surface area contributed by atoms with E-state index in [1.807, 2.05) is 0 Å². The fourth-order valence-electron chi connectivity index (χ4n) is 3.21. The number of anilines is 1. The van der Waals surface area contributed by atoms with Crippen molar-refractivity contribution in [1.82, 2.24) is 4.98 Å². The summed E-state index contributed by atoms with van der Waals surface area (Å²) >= 11 is 0. The molecule has 4 heteroatoms. The number of nitrogens with two attached hydrogens (primary N) is 1. The average molecular weight is 221 g/mol. The van der Waals surface area contributed by atoms with Gasteiger partial charge in [-0.3, -0.25) is 0 Å². The maximum absolute atomic E-state index is 5.56. The van der Waals surface area contributed by atoms with Gasteiger partial charge in [0, 0.05) is 19.1 Å². The van der Waals surface area contributed by atoms with Gasteiger partial charge in [-0.2, -0.15) is 4.98 Å². The summed E-state index contributed by atoms with van der Waals surface area (Å²) in [7, 11) is 0. The lowest BCUT2D eigenvalue weighted by Gasteiger charge is -2.36. The second-order valence-corrected chi connectivity index (χ2v) is 4.92. The van der Waals surface area contributed by atoms with Crippen LogP contribution in [0.1, 0.15) is 37.8 Å². The van der Waals surface area contributed by atoms with Crippen LogP contribution in [0, 0.1) is 5.92 Å². The zero-order valence-electron chi connectivity index (χ0n) is 9.56. The number of oxazole rings is 1. The second kappa shape index (κ2) is 4.09. The van der Waals surface area contributed by atoms with Crippen molar-refractivity contribution in [3.63, 3.8) is 0 Å². The van der Waals surface area contributed by atoms with Crippen molar-refractivity contribution < 1.29 is 4.42 Å². The fourth-order valence-corrected chi connectivity index (χ4v) is 3.21. The van der Waals surface area contributed by atoms with E-state index in [4.69, 9.17) is 10.2 Å². The lowest BCUT2D eigenvalue weighted by molar-refractivity contribution is 0.342. The summed E-state index contributed by atoms with van der Waals surface area (Å²) in [6, 6.07) is 1.45. The highest BCUT2D eigenvalue weighted by atomic mass is 16.4. The van der Waals surface area contributed by atoms with Gasteiger partial charge in [-0.25, -0.2) is 0 Å². The van der Waals surface area contributed by atoms with E-state index in [2.05, 4.69) is 9.88 Å². The Bertz CT molecular complexity index is 363. The number of aromatic nitrogens is 1. The Morgan fingerprint density at radius 2 is 2.25 bits per heavy atom. The van der Waals surface area contributed by atoms with Crippen molar-refractivity contribution in [2.75, 3.05) is 11.4 Å². The molecule has 1 aromatic rings. The maximum Gasteiger partial charge on any atom is 0.297 e. The Labute approximate surface area is 95.8 Å². The maximum atomic E-state index is 5.56. The normalized spacial score (nSPS) is 29.4. The lowest BCUT2D eigenvalue weighted by atomic mass is 9.92. The largest absolute Gasteiger partial charge is 0.432 e. The predicted octanol–water partition coefficient (Wildman–Crippen LogP) is 1.90. The Hall–Kier alpha value is -1.03. The standard InChI is InChI=1S/C12H19N3O/c13-7-10-8-16-12(14-10)15-6-2-4-9-3-1-5-11(9)15/h8-9,11H,1-7,13H2. The first-order chi connectivity index (χ1) is 7.88. The summed E-state index contributed by atoms with van der Waals surface area (Å²) in [5, 5.41) is 0. The minimum absolute atomic E-state index is 0.464. The molecule has 1 aromatic heterocycles. The highest BCUT2D eigenvalue weighted by Crippen LogP contribution is 2.38. The SMILES string of the molecule is NCc1coc(N2CCCC3CCCC32)n1. The van der Waals surface area contributed by atoms with E-state index in [0.29, 0.717) is 12.6 Å². The Morgan fingerprint density at radius 1 is 1.38 bits per heavy atom. The van der Waals surface area contributed by atoms with E-state index in [9.17, 15) is 0 Å². The summed E-state index contributed by atoms with van der Waals surface area (Å²) in [4.78, 5) is 6.81. The van der Waals surface area contributed by atoms with Gasteiger partial charge in [-0.1, -0.05) is 6.42 Å². The molecule has 88 valence electrons. The van der Waals surface area contributed by atoms with E-state index in [1.54, 1.807) is 6.26 Å². The van der Waals surface area contributed by atoms with Crippen LogP contribution in [0.4, 0.5) is 6.01 Å². The van der Waals surface area contributed by atoms with Crippen molar-refractivity contribution in [3.8, 4) is 0 Å². The predicted molar refractivity (Wildman–Crippen MR) is 62.1 cm³/mol.